The fourth-order valence-corrected chi connectivity index (χ4v) is 3.76. The first-order valence-corrected chi connectivity index (χ1v) is 9.37. The van der Waals surface area contributed by atoms with Crippen LogP contribution in [0, 0.1) is 5.82 Å². The van der Waals surface area contributed by atoms with E-state index in [1.54, 1.807) is 30.3 Å². The minimum absolute atomic E-state index is 0.0576. The number of hydrogen-bond acceptors (Lipinski definition) is 2. The summed E-state index contributed by atoms with van der Waals surface area (Å²) in [4.78, 5) is 2.94. The standard InChI is InChI=1S/C19H18Cl2FNOS/c20-15-10-14(19(25)23-8-4-1-5-9-23)11-16(21)18(15)24-12-13-6-2-3-7-17(13)22/h2-3,6-7,10-11H,1,4-5,8-9,12H2. The largest absolute Gasteiger partial charge is 0.486 e. The molecule has 0 amide bonds. The van der Waals surface area contributed by atoms with E-state index in [1.807, 2.05) is 0 Å². The highest BCUT2D eigenvalue weighted by molar-refractivity contribution is 7.80. The average molecular weight is 398 g/mol. The molecule has 0 aromatic heterocycles. The predicted octanol–water partition coefficient (Wildman–Crippen LogP) is 5.87. The molecule has 6 heteroatoms. The Labute approximate surface area is 162 Å². The molecule has 2 aromatic carbocycles. The van der Waals surface area contributed by atoms with Crippen molar-refractivity contribution in [3.8, 4) is 5.75 Å². The molecule has 1 aliphatic heterocycles. The van der Waals surface area contributed by atoms with E-state index >= 15 is 0 Å². The molecule has 0 saturated carbocycles. The molecule has 0 aliphatic carbocycles. The molecule has 1 aliphatic rings. The molecule has 0 atom stereocenters. The third kappa shape index (κ3) is 4.43. The molecule has 25 heavy (non-hydrogen) atoms. The van der Waals surface area contributed by atoms with Crippen molar-refractivity contribution in [1.29, 1.82) is 0 Å². The molecule has 0 spiro atoms. The van der Waals surface area contributed by atoms with Crippen LogP contribution in [0.15, 0.2) is 36.4 Å². The Morgan fingerprint density at radius 3 is 2.36 bits per heavy atom. The summed E-state index contributed by atoms with van der Waals surface area (Å²) in [6.45, 7) is 1.97. The van der Waals surface area contributed by atoms with Gasteiger partial charge in [0.25, 0.3) is 0 Å². The van der Waals surface area contributed by atoms with Gasteiger partial charge in [-0.3, -0.25) is 0 Å². The summed E-state index contributed by atoms with van der Waals surface area (Å²) in [6.07, 6.45) is 3.53. The number of hydrogen-bond donors (Lipinski definition) is 0. The Hall–Kier alpha value is -1.36. The van der Waals surface area contributed by atoms with Crippen molar-refractivity contribution in [2.24, 2.45) is 0 Å². The van der Waals surface area contributed by atoms with Gasteiger partial charge in [0, 0.05) is 24.2 Å². The van der Waals surface area contributed by atoms with Gasteiger partial charge in [0.05, 0.1) is 10.0 Å². The number of rotatable bonds is 4. The number of halogens is 3. The third-order valence-electron chi connectivity index (χ3n) is 4.22. The second-order valence-electron chi connectivity index (χ2n) is 6.00. The Balaban J connectivity index is 1.76. The van der Waals surface area contributed by atoms with Crippen LogP contribution < -0.4 is 4.74 Å². The SMILES string of the molecule is Fc1ccccc1COc1c(Cl)cc(C(=S)N2CCCCC2)cc1Cl. The van der Waals surface area contributed by atoms with Crippen molar-refractivity contribution in [2.75, 3.05) is 13.1 Å². The highest BCUT2D eigenvalue weighted by Gasteiger charge is 2.18. The maximum absolute atomic E-state index is 13.7. The van der Waals surface area contributed by atoms with Crippen LogP contribution >= 0.6 is 35.4 Å². The van der Waals surface area contributed by atoms with E-state index in [4.69, 9.17) is 40.2 Å². The monoisotopic (exact) mass is 397 g/mol. The zero-order chi connectivity index (χ0) is 17.8. The van der Waals surface area contributed by atoms with Crippen molar-refractivity contribution < 1.29 is 9.13 Å². The molecule has 2 nitrogen and oxygen atoms in total. The molecule has 3 rings (SSSR count). The number of thiocarbonyl (C=S) groups is 1. The second-order valence-corrected chi connectivity index (χ2v) is 7.20. The number of nitrogens with zero attached hydrogens (tertiary/aromatic N) is 1. The topological polar surface area (TPSA) is 12.5 Å². The Morgan fingerprint density at radius 1 is 1.08 bits per heavy atom. The van der Waals surface area contributed by atoms with E-state index in [0.29, 0.717) is 21.4 Å². The predicted molar refractivity (Wildman–Crippen MR) is 104 cm³/mol. The summed E-state index contributed by atoms with van der Waals surface area (Å²) >= 11 is 18.3. The summed E-state index contributed by atoms with van der Waals surface area (Å²) in [6, 6.07) is 9.97. The highest BCUT2D eigenvalue weighted by atomic mass is 35.5. The van der Waals surface area contributed by atoms with E-state index in [2.05, 4.69) is 4.90 Å². The van der Waals surface area contributed by atoms with Crippen LogP contribution in [-0.2, 0) is 6.61 Å². The lowest BCUT2D eigenvalue weighted by molar-refractivity contribution is 0.300. The zero-order valence-electron chi connectivity index (χ0n) is 13.6. The van der Waals surface area contributed by atoms with E-state index in [9.17, 15) is 4.39 Å². The van der Waals surface area contributed by atoms with Gasteiger partial charge in [-0.2, -0.15) is 0 Å². The number of likely N-dealkylation sites (tertiary alicyclic amines) is 1. The molecule has 2 aromatic rings. The Kier molecular flexibility index (Phi) is 6.15. The minimum Gasteiger partial charge on any atom is -0.486 e. The lowest BCUT2D eigenvalue weighted by atomic mass is 10.1. The molecule has 0 radical (unpaired) electrons. The maximum Gasteiger partial charge on any atom is 0.157 e. The van der Waals surface area contributed by atoms with Crippen LogP contribution in [0.3, 0.4) is 0 Å². The van der Waals surface area contributed by atoms with Gasteiger partial charge in [-0.05, 0) is 37.5 Å². The molecular weight excluding hydrogens is 380 g/mol. The van der Waals surface area contributed by atoms with E-state index in [-0.39, 0.29) is 12.4 Å². The van der Waals surface area contributed by atoms with Gasteiger partial charge < -0.3 is 9.64 Å². The van der Waals surface area contributed by atoms with Crippen LogP contribution in [-0.4, -0.2) is 23.0 Å². The molecule has 1 saturated heterocycles. The quantitative estimate of drug-likeness (QED) is 0.598. The van der Waals surface area contributed by atoms with Crippen molar-refractivity contribution in [1.82, 2.24) is 4.90 Å². The summed E-state index contributed by atoms with van der Waals surface area (Å²) < 4.78 is 19.4. The van der Waals surface area contributed by atoms with Gasteiger partial charge >= 0.3 is 0 Å². The van der Waals surface area contributed by atoms with E-state index in [0.717, 1.165) is 36.5 Å². The average Bonchev–Trinajstić information content (AvgIpc) is 2.62. The normalized spacial score (nSPS) is 14.4. The summed E-state index contributed by atoms with van der Waals surface area (Å²) in [5.74, 6) is 0.0226. The first kappa shape index (κ1) is 18.4. The minimum atomic E-state index is -0.322. The third-order valence-corrected chi connectivity index (χ3v) is 5.27. The van der Waals surface area contributed by atoms with E-state index in [1.165, 1.54) is 12.5 Å². The number of piperidine rings is 1. The smallest absolute Gasteiger partial charge is 0.157 e. The molecule has 1 fully saturated rings. The Morgan fingerprint density at radius 2 is 1.72 bits per heavy atom. The molecular formula is C19H18Cl2FNOS. The van der Waals surface area contributed by atoms with Crippen molar-refractivity contribution in [2.45, 2.75) is 25.9 Å². The molecule has 0 N–H and O–H groups in total. The molecule has 0 bridgehead atoms. The van der Waals surface area contributed by atoms with Crippen LogP contribution in [0.2, 0.25) is 10.0 Å². The fraction of sp³-hybridized carbons (Fsp3) is 0.316. The molecule has 1 heterocycles. The number of ether oxygens (including phenoxy) is 1. The van der Waals surface area contributed by atoms with Gasteiger partial charge in [-0.15, -0.1) is 0 Å². The van der Waals surface area contributed by atoms with Crippen LogP contribution in [0.4, 0.5) is 4.39 Å². The van der Waals surface area contributed by atoms with Crippen molar-refractivity contribution in [3.05, 3.63) is 63.4 Å². The van der Waals surface area contributed by atoms with Crippen LogP contribution in [0.5, 0.6) is 5.75 Å². The van der Waals surface area contributed by atoms with Crippen molar-refractivity contribution >= 4 is 40.4 Å². The van der Waals surface area contributed by atoms with E-state index < -0.39 is 0 Å². The number of benzene rings is 2. The van der Waals surface area contributed by atoms with Gasteiger partial charge in [0.2, 0.25) is 0 Å². The molecule has 132 valence electrons. The summed E-state index contributed by atoms with van der Waals surface area (Å²) in [7, 11) is 0. The van der Waals surface area contributed by atoms with Gasteiger partial charge in [0.1, 0.15) is 17.4 Å². The highest BCUT2D eigenvalue weighted by Crippen LogP contribution is 2.35. The summed E-state index contributed by atoms with van der Waals surface area (Å²) in [5.41, 5.74) is 1.26. The molecule has 0 unspecified atom stereocenters. The van der Waals surface area contributed by atoms with Crippen LogP contribution in [0.25, 0.3) is 0 Å². The van der Waals surface area contributed by atoms with Crippen molar-refractivity contribution in [3.63, 3.8) is 0 Å². The summed E-state index contributed by atoms with van der Waals surface area (Å²) in [5, 5.41) is 0.747. The van der Waals surface area contributed by atoms with Crippen LogP contribution in [0.1, 0.15) is 30.4 Å². The fourth-order valence-electron chi connectivity index (χ4n) is 2.87. The second kappa shape index (κ2) is 8.35. The lowest BCUT2D eigenvalue weighted by Crippen LogP contribution is -2.34. The van der Waals surface area contributed by atoms with Gasteiger partial charge in [0.15, 0.2) is 5.75 Å². The van der Waals surface area contributed by atoms with Gasteiger partial charge in [-0.1, -0.05) is 53.6 Å². The van der Waals surface area contributed by atoms with Gasteiger partial charge in [-0.25, -0.2) is 4.39 Å². The first-order chi connectivity index (χ1) is 12.1. The maximum atomic E-state index is 13.7. The first-order valence-electron chi connectivity index (χ1n) is 8.21. The zero-order valence-corrected chi connectivity index (χ0v) is 15.9. The lowest BCUT2D eigenvalue weighted by Gasteiger charge is -2.29. The Bertz CT molecular complexity index is 755.